The first-order valence-electron chi connectivity index (χ1n) is 11.1. The van der Waals surface area contributed by atoms with Crippen LogP contribution in [0, 0.1) is 24.2 Å². The van der Waals surface area contributed by atoms with Gasteiger partial charge in [-0.25, -0.2) is 9.79 Å². The fraction of sp³-hybridized carbons (Fsp3) is 0.308. The fourth-order valence-corrected chi connectivity index (χ4v) is 3.61. The van der Waals surface area contributed by atoms with Crippen molar-refractivity contribution in [1.29, 1.82) is 5.26 Å². The monoisotopic (exact) mass is 530 g/mol. The lowest BCUT2D eigenvalue weighted by molar-refractivity contribution is -0.116. The van der Waals surface area contributed by atoms with Gasteiger partial charge in [-0.2, -0.15) is 5.26 Å². The summed E-state index contributed by atoms with van der Waals surface area (Å²) in [6.45, 7) is 7.66. The molecule has 1 N–H and O–H groups in total. The number of amides is 3. The minimum absolute atomic E-state index is 0.140. The Morgan fingerprint density at radius 1 is 1.22 bits per heavy atom. The van der Waals surface area contributed by atoms with E-state index in [0.717, 1.165) is 16.2 Å². The zero-order chi connectivity index (χ0) is 27.0. The molecule has 0 unspecified atom stereocenters. The Morgan fingerprint density at radius 3 is 2.36 bits per heavy atom. The molecule has 0 bridgehead atoms. The van der Waals surface area contributed by atoms with Crippen molar-refractivity contribution in [3.8, 4) is 17.6 Å². The first-order chi connectivity index (χ1) is 17.0. The molecule has 10 heteroatoms. The number of nitrogens with one attached hydrogen (secondary N) is 1. The summed E-state index contributed by atoms with van der Waals surface area (Å²) >= 11 is 12.8. The van der Waals surface area contributed by atoms with Crippen LogP contribution in [-0.2, 0) is 9.53 Å². The van der Waals surface area contributed by atoms with E-state index in [1.807, 2.05) is 20.8 Å². The van der Waals surface area contributed by atoms with Crippen LogP contribution in [0.5, 0.6) is 11.5 Å². The smallest absolute Gasteiger partial charge is 0.328 e. The van der Waals surface area contributed by atoms with Crippen LogP contribution in [0.15, 0.2) is 47.0 Å². The molecular formula is C26H28Cl2N4O4. The molecule has 0 spiro atoms. The zero-order valence-corrected chi connectivity index (χ0v) is 22.5. The van der Waals surface area contributed by atoms with Gasteiger partial charge in [0.2, 0.25) is 0 Å². The number of methoxy groups -OCH3 is 1. The third-order valence-corrected chi connectivity index (χ3v) is 5.55. The number of hydrogen-bond acceptors (Lipinski definition) is 6. The van der Waals surface area contributed by atoms with Crippen LogP contribution < -0.4 is 15.0 Å². The SMILES string of the molecule is CC/C=C(\C#N)C(=O)NC(=O)N(C)c1cc(Cl)c(Oc2ccc(N=C(OC)C(C)C)c(C)c2)c(Cl)c1. The molecule has 0 saturated heterocycles. The summed E-state index contributed by atoms with van der Waals surface area (Å²) in [5, 5.41) is 11.5. The summed E-state index contributed by atoms with van der Waals surface area (Å²) in [5.41, 5.74) is 1.79. The Balaban J connectivity index is 2.24. The average molecular weight is 531 g/mol. The number of ether oxygens (including phenoxy) is 2. The van der Waals surface area contributed by atoms with Gasteiger partial charge >= 0.3 is 6.03 Å². The van der Waals surface area contributed by atoms with Crippen molar-refractivity contribution >= 4 is 52.4 Å². The van der Waals surface area contributed by atoms with Crippen molar-refractivity contribution in [2.75, 3.05) is 19.1 Å². The highest BCUT2D eigenvalue weighted by Gasteiger charge is 2.20. The van der Waals surface area contributed by atoms with Crippen molar-refractivity contribution in [2.45, 2.75) is 34.1 Å². The van der Waals surface area contributed by atoms with Gasteiger partial charge in [0.05, 0.1) is 22.8 Å². The number of aliphatic imine (C=N–C) groups is 1. The number of hydrogen-bond donors (Lipinski definition) is 1. The Morgan fingerprint density at radius 2 is 1.86 bits per heavy atom. The van der Waals surface area contributed by atoms with E-state index in [2.05, 4.69) is 10.3 Å². The Labute approximate surface area is 221 Å². The third kappa shape index (κ3) is 7.23. The number of aryl methyl sites for hydroxylation is 1. The van der Waals surface area contributed by atoms with E-state index in [0.29, 0.717) is 23.8 Å². The second-order valence-electron chi connectivity index (χ2n) is 8.05. The van der Waals surface area contributed by atoms with Crippen molar-refractivity contribution in [2.24, 2.45) is 10.9 Å². The molecule has 190 valence electrons. The highest BCUT2D eigenvalue weighted by molar-refractivity contribution is 6.37. The number of carbonyl (C=O) groups excluding carboxylic acids is 2. The molecule has 8 nitrogen and oxygen atoms in total. The maximum atomic E-state index is 12.5. The highest BCUT2D eigenvalue weighted by Crippen LogP contribution is 2.40. The predicted molar refractivity (Wildman–Crippen MR) is 143 cm³/mol. The number of urea groups is 1. The summed E-state index contributed by atoms with van der Waals surface area (Å²) in [6.07, 6.45) is 1.92. The predicted octanol–water partition coefficient (Wildman–Crippen LogP) is 6.96. The van der Waals surface area contributed by atoms with Crippen LogP contribution in [0.1, 0.15) is 32.8 Å². The molecule has 2 aromatic carbocycles. The molecule has 0 radical (unpaired) electrons. The third-order valence-electron chi connectivity index (χ3n) is 4.99. The van der Waals surface area contributed by atoms with E-state index in [9.17, 15) is 9.59 Å². The molecule has 0 saturated carbocycles. The first kappa shape index (κ1) is 28.7. The lowest BCUT2D eigenvalue weighted by Gasteiger charge is -2.19. The lowest BCUT2D eigenvalue weighted by Crippen LogP contribution is -2.41. The molecule has 0 aromatic heterocycles. The average Bonchev–Trinajstić information content (AvgIpc) is 2.83. The maximum Gasteiger partial charge on any atom is 0.328 e. The van der Waals surface area contributed by atoms with E-state index in [-0.39, 0.29) is 27.3 Å². The van der Waals surface area contributed by atoms with Crippen molar-refractivity contribution < 1.29 is 19.1 Å². The summed E-state index contributed by atoms with van der Waals surface area (Å²) in [4.78, 5) is 30.3. The van der Waals surface area contributed by atoms with Gasteiger partial charge < -0.3 is 9.47 Å². The van der Waals surface area contributed by atoms with Gasteiger partial charge in [-0.3, -0.25) is 15.0 Å². The van der Waals surface area contributed by atoms with E-state index in [1.165, 1.54) is 25.3 Å². The van der Waals surface area contributed by atoms with Gasteiger partial charge in [0, 0.05) is 18.7 Å². The maximum absolute atomic E-state index is 12.5. The van der Waals surface area contributed by atoms with Gasteiger partial charge in [-0.1, -0.05) is 50.0 Å². The second kappa shape index (κ2) is 13.0. The Hall–Kier alpha value is -3.54. The number of halogens is 2. The van der Waals surface area contributed by atoms with Crippen LogP contribution in [0.25, 0.3) is 0 Å². The van der Waals surface area contributed by atoms with Gasteiger partial charge in [-0.15, -0.1) is 0 Å². The van der Waals surface area contributed by atoms with E-state index < -0.39 is 11.9 Å². The molecular weight excluding hydrogens is 503 g/mol. The lowest BCUT2D eigenvalue weighted by atomic mass is 10.1. The molecule has 36 heavy (non-hydrogen) atoms. The second-order valence-corrected chi connectivity index (χ2v) is 8.87. The normalized spacial score (nSPS) is 11.7. The van der Waals surface area contributed by atoms with Crippen LogP contribution in [0.4, 0.5) is 16.2 Å². The summed E-state index contributed by atoms with van der Waals surface area (Å²) < 4.78 is 11.3. The quantitative estimate of drug-likeness (QED) is 0.180. The summed E-state index contributed by atoms with van der Waals surface area (Å²) in [6, 6.07) is 9.33. The molecule has 0 atom stereocenters. The molecule has 0 fully saturated rings. The van der Waals surface area contributed by atoms with Gasteiger partial charge in [0.15, 0.2) is 11.6 Å². The molecule has 3 amide bonds. The largest absolute Gasteiger partial charge is 0.484 e. The molecule has 0 aliphatic rings. The summed E-state index contributed by atoms with van der Waals surface area (Å²) in [5.74, 6) is 0.673. The topological polar surface area (TPSA) is 104 Å². The van der Waals surface area contributed by atoms with Gasteiger partial charge in [0.1, 0.15) is 17.4 Å². The van der Waals surface area contributed by atoms with Crippen LogP contribution >= 0.6 is 23.2 Å². The van der Waals surface area contributed by atoms with E-state index in [4.69, 9.17) is 37.9 Å². The van der Waals surface area contributed by atoms with E-state index in [1.54, 1.807) is 38.3 Å². The standard InChI is InChI=1S/C26H28Cl2N4O4/c1-7-8-17(14-29)24(33)31-26(34)32(5)18-12-20(27)23(21(28)13-18)36-19-9-10-22(16(4)11-19)30-25(35-6)15(2)3/h8-13,15H,7H2,1-6H3,(H,31,33,34)/b17-8+,30-25?. The van der Waals surface area contributed by atoms with E-state index >= 15 is 0 Å². The minimum atomic E-state index is -0.789. The number of benzene rings is 2. The van der Waals surface area contributed by atoms with Crippen molar-refractivity contribution in [3.05, 3.63) is 57.6 Å². The van der Waals surface area contributed by atoms with Crippen LogP contribution in [0.2, 0.25) is 10.0 Å². The molecule has 0 aliphatic carbocycles. The van der Waals surface area contributed by atoms with Gasteiger partial charge in [-0.05, 0) is 49.2 Å². The fourth-order valence-electron chi connectivity index (χ4n) is 3.06. The van der Waals surface area contributed by atoms with Crippen LogP contribution in [-0.4, -0.2) is 32.0 Å². The number of carbonyl (C=O) groups is 2. The van der Waals surface area contributed by atoms with Crippen molar-refractivity contribution in [1.82, 2.24) is 5.32 Å². The van der Waals surface area contributed by atoms with Crippen LogP contribution in [0.3, 0.4) is 0 Å². The number of nitriles is 1. The molecule has 2 rings (SSSR count). The molecule has 2 aromatic rings. The zero-order valence-electron chi connectivity index (χ0n) is 21.0. The molecule has 0 aliphatic heterocycles. The molecule has 0 heterocycles. The first-order valence-corrected chi connectivity index (χ1v) is 11.9. The number of anilines is 1. The number of nitrogens with zero attached hydrogens (tertiary/aromatic N) is 3. The Kier molecular flexibility index (Phi) is 10.3. The number of imide groups is 1. The van der Waals surface area contributed by atoms with Gasteiger partial charge in [0.25, 0.3) is 5.91 Å². The Bertz CT molecular complexity index is 1230. The highest BCUT2D eigenvalue weighted by atomic mass is 35.5. The summed E-state index contributed by atoms with van der Waals surface area (Å²) in [7, 11) is 3.03. The number of allylic oxidation sites excluding steroid dienone is 1. The minimum Gasteiger partial charge on any atom is -0.484 e. The van der Waals surface area contributed by atoms with Crippen molar-refractivity contribution in [3.63, 3.8) is 0 Å². The number of rotatable bonds is 7.